The summed E-state index contributed by atoms with van der Waals surface area (Å²) in [5.74, 6) is -1.02. The molecular weight excluding hydrogens is 308 g/mol. The lowest BCUT2D eigenvalue weighted by Gasteiger charge is -2.06. The van der Waals surface area contributed by atoms with Crippen LogP contribution in [0.3, 0.4) is 0 Å². The second-order valence-electron chi connectivity index (χ2n) is 4.19. The third-order valence-corrected chi connectivity index (χ3v) is 3.59. The number of esters is 1. The summed E-state index contributed by atoms with van der Waals surface area (Å²) in [7, 11) is 1.28. The van der Waals surface area contributed by atoms with Crippen molar-refractivity contribution in [2.24, 2.45) is 0 Å². The van der Waals surface area contributed by atoms with Crippen molar-refractivity contribution >= 4 is 34.8 Å². The number of hydrogen-bond acceptors (Lipinski definition) is 6. The van der Waals surface area contributed by atoms with E-state index in [1.807, 2.05) is 0 Å². The Bertz CT molecular complexity index is 663. The van der Waals surface area contributed by atoms with Gasteiger partial charge < -0.3 is 19.8 Å². The van der Waals surface area contributed by atoms with Gasteiger partial charge in [0.2, 0.25) is 5.91 Å². The molecule has 2 heterocycles. The van der Waals surface area contributed by atoms with Crippen LogP contribution in [0.2, 0.25) is 0 Å². The number of hydrogen-bond donors (Lipinski definition) is 2. The molecule has 0 aliphatic rings. The molecule has 0 saturated heterocycles. The van der Waals surface area contributed by atoms with E-state index in [4.69, 9.17) is 4.42 Å². The molecule has 116 valence electrons. The van der Waals surface area contributed by atoms with Gasteiger partial charge >= 0.3 is 5.97 Å². The normalized spacial score (nSPS) is 10.0. The molecule has 0 fully saturated rings. The van der Waals surface area contributed by atoms with E-state index in [2.05, 4.69) is 15.4 Å². The summed E-state index contributed by atoms with van der Waals surface area (Å²) in [5, 5.41) is 6.85. The van der Waals surface area contributed by atoms with Crippen molar-refractivity contribution in [2.75, 3.05) is 19.0 Å². The van der Waals surface area contributed by atoms with Gasteiger partial charge in [0.15, 0.2) is 5.76 Å². The Morgan fingerprint density at radius 2 is 2.14 bits per heavy atom. The maximum Gasteiger partial charge on any atom is 0.350 e. The highest BCUT2D eigenvalue weighted by molar-refractivity contribution is 7.12. The molecule has 2 aromatic heterocycles. The molecule has 2 aromatic rings. The van der Waals surface area contributed by atoms with E-state index in [-0.39, 0.29) is 30.5 Å². The molecule has 0 bridgehead atoms. The van der Waals surface area contributed by atoms with Gasteiger partial charge in [-0.25, -0.2) is 4.79 Å². The fourth-order valence-electron chi connectivity index (χ4n) is 1.66. The summed E-state index contributed by atoms with van der Waals surface area (Å²) >= 11 is 1.18. The van der Waals surface area contributed by atoms with Gasteiger partial charge in [-0.05, 0) is 23.6 Å². The van der Waals surface area contributed by atoms with Gasteiger partial charge in [-0.1, -0.05) is 0 Å². The topological polar surface area (TPSA) is 97.6 Å². The largest absolute Gasteiger partial charge is 0.465 e. The second kappa shape index (κ2) is 7.41. The van der Waals surface area contributed by atoms with Crippen LogP contribution in [0.5, 0.6) is 0 Å². The van der Waals surface area contributed by atoms with Crippen molar-refractivity contribution in [1.82, 2.24) is 5.32 Å². The third kappa shape index (κ3) is 3.95. The van der Waals surface area contributed by atoms with E-state index < -0.39 is 5.97 Å². The van der Waals surface area contributed by atoms with E-state index in [0.29, 0.717) is 10.6 Å². The van der Waals surface area contributed by atoms with Gasteiger partial charge in [0.1, 0.15) is 4.88 Å². The number of anilines is 1. The summed E-state index contributed by atoms with van der Waals surface area (Å²) in [6.07, 6.45) is 1.47. The Labute approximate surface area is 130 Å². The molecule has 0 spiro atoms. The van der Waals surface area contributed by atoms with Gasteiger partial charge in [0.05, 0.1) is 19.1 Å². The standard InChI is InChI=1S/C14H14N2O5S/c1-20-14(19)12-9(5-8-22-12)16-11(17)4-6-15-13(18)10-3-2-7-21-10/h2-3,5,7-8H,4,6H2,1H3,(H,15,18)(H,16,17). The molecule has 2 amide bonds. The summed E-state index contributed by atoms with van der Waals surface area (Å²) in [5.41, 5.74) is 0.402. The number of methoxy groups -OCH3 is 1. The molecular formula is C14H14N2O5S. The Morgan fingerprint density at radius 3 is 2.82 bits per heavy atom. The minimum atomic E-state index is -0.503. The van der Waals surface area contributed by atoms with Crippen LogP contribution in [0.15, 0.2) is 34.3 Å². The average Bonchev–Trinajstić information content (AvgIpc) is 3.17. The zero-order valence-electron chi connectivity index (χ0n) is 11.8. The highest BCUT2D eigenvalue weighted by atomic mass is 32.1. The first-order valence-corrected chi connectivity index (χ1v) is 7.27. The van der Waals surface area contributed by atoms with E-state index in [0.717, 1.165) is 0 Å². The van der Waals surface area contributed by atoms with E-state index in [1.54, 1.807) is 17.5 Å². The molecule has 22 heavy (non-hydrogen) atoms. The van der Waals surface area contributed by atoms with Crippen LogP contribution in [0, 0.1) is 0 Å². The van der Waals surface area contributed by atoms with Crippen LogP contribution in [0.4, 0.5) is 5.69 Å². The maximum atomic E-state index is 11.8. The Morgan fingerprint density at radius 1 is 1.32 bits per heavy atom. The molecule has 0 radical (unpaired) electrons. The number of thiophene rings is 1. The number of ether oxygens (including phenoxy) is 1. The van der Waals surface area contributed by atoms with Gasteiger partial charge in [0, 0.05) is 13.0 Å². The lowest BCUT2D eigenvalue weighted by Crippen LogP contribution is -2.27. The predicted molar refractivity (Wildman–Crippen MR) is 79.9 cm³/mol. The van der Waals surface area contributed by atoms with Gasteiger partial charge in [-0.2, -0.15) is 0 Å². The summed E-state index contributed by atoms with van der Waals surface area (Å²) in [4.78, 5) is 35.2. The Balaban J connectivity index is 1.80. The molecule has 0 atom stereocenters. The SMILES string of the molecule is COC(=O)c1sccc1NC(=O)CCNC(=O)c1ccco1. The fourth-order valence-corrected chi connectivity index (χ4v) is 2.42. The number of carbonyl (C=O) groups is 3. The summed E-state index contributed by atoms with van der Waals surface area (Å²) in [6, 6.07) is 4.76. The second-order valence-corrected chi connectivity index (χ2v) is 5.10. The minimum absolute atomic E-state index is 0.0723. The number of rotatable bonds is 6. The first-order chi connectivity index (χ1) is 10.6. The molecule has 0 aromatic carbocycles. The highest BCUT2D eigenvalue weighted by Gasteiger charge is 2.15. The van der Waals surface area contributed by atoms with E-state index in [9.17, 15) is 14.4 Å². The predicted octanol–water partition coefficient (Wildman–Crippen LogP) is 1.89. The monoisotopic (exact) mass is 322 g/mol. The van der Waals surface area contributed by atoms with Crippen LogP contribution in [-0.4, -0.2) is 31.4 Å². The third-order valence-electron chi connectivity index (χ3n) is 2.69. The number of amides is 2. The van der Waals surface area contributed by atoms with Crippen LogP contribution in [-0.2, 0) is 9.53 Å². The Hall–Kier alpha value is -2.61. The van der Waals surface area contributed by atoms with E-state index in [1.165, 1.54) is 30.8 Å². The van der Waals surface area contributed by atoms with Crippen LogP contribution in [0.25, 0.3) is 0 Å². The molecule has 7 nitrogen and oxygen atoms in total. The lowest BCUT2D eigenvalue weighted by molar-refractivity contribution is -0.116. The van der Waals surface area contributed by atoms with Crippen molar-refractivity contribution in [3.63, 3.8) is 0 Å². The smallest absolute Gasteiger partial charge is 0.350 e. The lowest BCUT2D eigenvalue weighted by atomic mass is 10.3. The molecule has 8 heteroatoms. The van der Waals surface area contributed by atoms with Crippen molar-refractivity contribution in [2.45, 2.75) is 6.42 Å². The average molecular weight is 322 g/mol. The number of nitrogens with one attached hydrogen (secondary N) is 2. The molecule has 2 N–H and O–H groups in total. The van der Waals surface area contributed by atoms with Crippen molar-refractivity contribution in [1.29, 1.82) is 0 Å². The van der Waals surface area contributed by atoms with Crippen molar-refractivity contribution in [3.05, 3.63) is 40.5 Å². The highest BCUT2D eigenvalue weighted by Crippen LogP contribution is 2.23. The molecule has 0 aliphatic heterocycles. The zero-order valence-corrected chi connectivity index (χ0v) is 12.6. The van der Waals surface area contributed by atoms with Crippen LogP contribution >= 0.6 is 11.3 Å². The Kier molecular flexibility index (Phi) is 5.31. The van der Waals surface area contributed by atoms with Gasteiger partial charge in [-0.3, -0.25) is 9.59 Å². The summed E-state index contributed by atoms with van der Waals surface area (Å²) < 4.78 is 9.55. The molecule has 0 saturated carbocycles. The number of carbonyl (C=O) groups excluding carboxylic acids is 3. The maximum absolute atomic E-state index is 11.8. The molecule has 0 unspecified atom stereocenters. The first-order valence-electron chi connectivity index (χ1n) is 6.39. The van der Waals surface area contributed by atoms with Crippen LogP contribution in [0.1, 0.15) is 26.6 Å². The molecule has 2 rings (SSSR count). The fraction of sp³-hybridized carbons (Fsp3) is 0.214. The first kappa shape index (κ1) is 15.8. The minimum Gasteiger partial charge on any atom is -0.465 e. The van der Waals surface area contributed by atoms with Crippen molar-refractivity contribution in [3.8, 4) is 0 Å². The summed E-state index contributed by atoms with van der Waals surface area (Å²) in [6.45, 7) is 0.156. The quantitative estimate of drug-likeness (QED) is 0.791. The number of furan rings is 1. The van der Waals surface area contributed by atoms with Crippen LogP contribution < -0.4 is 10.6 Å². The van der Waals surface area contributed by atoms with Gasteiger partial charge in [-0.15, -0.1) is 11.3 Å². The van der Waals surface area contributed by atoms with Crippen molar-refractivity contribution < 1.29 is 23.5 Å². The van der Waals surface area contributed by atoms with E-state index >= 15 is 0 Å². The molecule has 0 aliphatic carbocycles. The van der Waals surface area contributed by atoms with Gasteiger partial charge in [0.25, 0.3) is 5.91 Å². The zero-order chi connectivity index (χ0) is 15.9.